The Kier molecular flexibility index (Phi) is 4.13. The lowest BCUT2D eigenvalue weighted by Gasteiger charge is -2.11. The van der Waals surface area contributed by atoms with E-state index in [-0.39, 0.29) is 17.0 Å². The summed E-state index contributed by atoms with van der Waals surface area (Å²) >= 11 is 0. The van der Waals surface area contributed by atoms with Crippen LogP contribution in [0.4, 0.5) is 14.6 Å². The molecule has 0 aliphatic heterocycles. The van der Waals surface area contributed by atoms with Gasteiger partial charge in [-0.25, -0.2) is 18.4 Å². The highest BCUT2D eigenvalue weighted by atomic mass is 19.1. The van der Waals surface area contributed by atoms with Crippen LogP contribution in [-0.4, -0.2) is 30.5 Å². The largest absolute Gasteiger partial charge is 0.364 e. The van der Waals surface area contributed by atoms with Gasteiger partial charge in [-0.15, -0.1) is 0 Å². The van der Waals surface area contributed by atoms with Crippen molar-refractivity contribution in [1.29, 1.82) is 0 Å². The summed E-state index contributed by atoms with van der Waals surface area (Å²) in [6.07, 6.45) is 3.54. The maximum absolute atomic E-state index is 14.4. The molecule has 0 bridgehead atoms. The second kappa shape index (κ2) is 6.96. The zero-order valence-electron chi connectivity index (χ0n) is 17.8. The first-order valence-electron chi connectivity index (χ1n) is 10.5. The summed E-state index contributed by atoms with van der Waals surface area (Å²) in [4.78, 5) is 18.0. The summed E-state index contributed by atoms with van der Waals surface area (Å²) in [7, 11) is 1.52. The Morgan fingerprint density at radius 2 is 1.91 bits per heavy atom. The molecule has 6 rings (SSSR count). The molecule has 1 aliphatic carbocycles. The Morgan fingerprint density at radius 3 is 2.64 bits per heavy atom. The van der Waals surface area contributed by atoms with Gasteiger partial charge in [-0.2, -0.15) is 5.10 Å². The monoisotopic (exact) mass is 448 g/mol. The van der Waals surface area contributed by atoms with Crippen LogP contribution in [0.15, 0.2) is 45.8 Å². The molecule has 0 spiro atoms. The molecule has 3 aromatic heterocycles. The number of fused-ring (bicyclic) bond motifs is 2. The summed E-state index contributed by atoms with van der Waals surface area (Å²) in [5, 5.41) is 12.4. The first kappa shape index (κ1) is 19.6. The number of para-hydroxylation sites is 1. The number of aromatic nitrogens is 5. The van der Waals surface area contributed by atoms with E-state index in [2.05, 4.69) is 20.6 Å². The molecule has 33 heavy (non-hydrogen) atoms. The Bertz CT molecular complexity index is 1610. The third-order valence-electron chi connectivity index (χ3n) is 5.94. The Hall–Kier alpha value is -4.08. The highest BCUT2D eigenvalue weighted by Gasteiger charge is 2.26. The SMILES string of the molecule is Cc1ccc2c(NC3CC3)noc2c1-c1nc2cnn(-c3c(F)cccc3F)c2n(C)c1=O. The van der Waals surface area contributed by atoms with Gasteiger partial charge in [0, 0.05) is 13.1 Å². The average molecular weight is 448 g/mol. The molecule has 1 saturated carbocycles. The van der Waals surface area contributed by atoms with Crippen LogP contribution in [0, 0.1) is 18.6 Å². The van der Waals surface area contributed by atoms with Crippen LogP contribution < -0.4 is 10.9 Å². The van der Waals surface area contributed by atoms with E-state index in [0.717, 1.165) is 40.6 Å². The highest BCUT2D eigenvalue weighted by Crippen LogP contribution is 2.35. The van der Waals surface area contributed by atoms with Gasteiger partial charge in [-0.3, -0.25) is 9.36 Å². The topological polar surface area (TPSA) is 90.8 Å². The van der Waals surface area contributed by atoms with Gasteiger partial charge < -0.3 is 9.84 Å². The van der Waals surface area contributed by atoms with E-state index in [1.807, 2.05) is 19.1 Å². The van der Waals surface area contributed by atoms with Crippen LogP contribution in [0.2, 0.25) is 0 Å². The maximum Gasteiger partial charge on any atom is 0.278 e. The minimum absolute atomic E-state index is 0.149. The molecular weight excluding hydrogens is 430 g/mol. The summed E-state index contributed by atoms with van der Waals surface area (Å²) in [6.45, 7) is 1.86. The normalized spacial score (nSPS) is 13.8. The predicted molar refractivity (Wildman–Crippen MR) is 118 cm³/mol. The molecule has 1 fully saturated rings. The summed E-state index contributed by atoms with van der Waals surface area (Å²) < 4.78 is 36.8. The number of hydrogen-bond acceptors (Lipinski definition) is 6. The van der Waals surface area contributed by atoms with Gasteiger partial charge >= 0.3 is 0 Å². The Morgan fingerprint density at radius 1 is 1.15 bits per heavy atom. The van der Waals surface area contributed by atoms with E-state index in [9.17, 15) is 13.6 Å². The van der Waals surface area contributed by atoms with Crippen molar-refractivity contribution in [1.82, 2.24) is 24.5 Å². The van der Waals surface area contributed by atoms with Gasteiger partial charge in [0.25, 0.3) is 5.56 Å². The zero-order valence-corrected chi connectivity index (χ0v) is 17.8. The van der Waals surface area contributed by atoms with Crippen molar-refractivity contribution in [3.63, 3.8) is 0 Å². The van der Waals surface area contributed by atoms with Crippen molar-refractivity contribution < 1.29 is 13.3 Å². The quantitative estimate of drug-likeness (QED) is 0.445. The van der Waals surface area contributed by atoms with Crippen molar-refractivity contribution in [2.24, 2.45) is 7.05 Å². The van der Waals surface area contributed by atoms with Crippen LogP contribution >= 0.6 is 0 Å². The number of hydrogen-bond donors (Lipinski definition) is 1. The third kappa shape index (κ3) is 2.94. The van der Waals surface area contributed by atoms with Crippen LogP contribution in [0.3, 0.4) is 0 Å². The number of aryl methyl sites for hydroxylation is 2. The molecule has 10 heteroatoms. The van der Waals surface area contributed by atoms with Crippen LogP contribution in [-0.2, 0) is 7.05 Å². The van der Waals surface area contributed by atoms with Crippen molar-refractivity contribution in [3.8, 4) is 16.9 Å². The summed E-state index contributed by atoms with van der Waals surface area (Å²) in [6, 6.07) is 7.70. The van der Waals surface area contributed by atoms with Gasteiger partial charge in [0.15, 0.2) is 28.7 Å². The molecule has 0 amide bonds. The lowest BCUT2D eigenvalue weighted by Crippen LogP contribution is -2.23. The second-order valence-electron chi connectivity index (χ2n) is 8.24. The zero-order chi connectivity index (χ0) is 22.9. The Labute approximate surface area is 185 Å². The van der Waals surface area contributed by atoms with E-state index in [1.54, 1.807) is 0 Å². The fourth-order valence-corrected chi connectivity index (χ4v) is 4.09. The van der Waals surface area contributed by atoms with E-state index in [0.29, 0.717) is 28.5 Å². The van der Waals surface area contributed by atoms with E-state index < -0.39 is 17.2 Å². The number of rotatable bonds is 4. The minimum atomic E-state index is -0.797. The number of halogens is 2. The van der Waals surface area contributed by atoms with Crippen LogP contribution in [0.25, 0.3) is 39.1 Å². The molecule has 5 aromatic rings. The van der Waals surface area contributed by atoms with Crippen molar-refractivity contribution in [3.05, 3.63) is 64.1 Å². The van der Waals surface area contributed by atoms with E-state index >= 15 is 0 Å². The van der Waals surface area contributed by atoms with Gasteiger partial charge in [0.05, 0.1) is 17.1 Å². The molecular formula is C23H18F2N6O2. The molecule has 0 saturated heterocycles. The molecule has 1 aliphatic rings. The first-order valence-corrected chi connectivity index (χ1v) is 10.5. The molecule has 3 heterocycles. The maximum atomic E-state index is 14.4. The summed E-state index contributed by atoms with van der Waals surface area (Å²) in [5.74, 6) is -0.960. The Balaban J connectivity index is 1.59. The minimum Gasteiger partial charge on any atom is -0.364 e. The number of nitrogens with one attached hydrogen (secondary N) is 1. The fourth-order valence-electron chi connectivity index (χ4n) is 4.09. The van der Waals surface area contributed by atoms with Gasteiger partial charge in [-0.05, 0) is 43.5 Å². The van der Waals surface area contributed by atoms with Crippen molar-refractivity contribution >= 4 is 28.0 Å². The number of nitrogens with zero attached hydrogens (tertiary/aromatic N) is 5. The molecule has 166 valence electrons. The van der Waals surface area contributed by atoms with E-state index in [4.69, 9.17) is 4.52 Å². The first-order chi connectivity index (χ1) is 15.9. The van der Waals surface area contributed by atoms with Crippen molar-refractivity contribution in [2.75, 3.05) is 5.32 Å². The number of anilines is 1. The van der Waals surface area contributed by atoms with Gasteiger partial charge in [0.1, 0.15) is 16.9 Å². The molecule has 0 radical (unpaired) electrons. The lowest BCUT2D eigenvalue weighted by molar-refractivity contribution is 0.459. The van der Waals surface area contributed by atoms with E-state index in [1.165, 1.54) is 23.9 Å². The average Bonchev–Trinajstić information content (AvgIpc) is 3.37. The molecule has 2 aromatic carbocycles. The molecule has 0 atom stereocenters. The standard InChI is InChI=1S/C23H18F2N6O2/c1-11-6-9-13-20(33-29-21(13)27-12-7-8-12)17(11)18-23(32)30(2)22-16(28-18)10-26-31(22)19-14(24)4-3-5-15(19)25/h3-6,9-10,12H,7-8H2,1-2H3,(H,27,29). The lowest BCUT2D eigenvalue weighted by atomic mass is 10.0. The third-order valence-corrected chi connectivity index (χ3v) is 5.94. The fraction of sp³-hybridized carbons (Fsp3) is 0.217. The molecule has 1 N–H and O–H groups in total. The second-order valence-corrected chi connectivity index (χ2v) is 8.24. The molecule has 0 unspecified atom stereocenters. The smallest absolute Gasteiger partial charge is 0.278 e. The summed E-state index contributed by atoms with van der Waals surface area (Å²) in [5.41, 5.74) is 1.56. The predicted octanol–water partition coefficient (Wildman–Crippen LogP) is 4.09. The molecule has 8 nitrogen and oxygen atoms in total. The van der Waals surface area contributed by atoms with Gasteiger partial charge in [-0.1, -0.05) is 17.3 Å². The number of benzene rings is 2. The van der Waals surface area contributed by atoms with Crippen LogP contribution in [0.5, 0.6) is 0 Å². The highest BCUT2D eigenvalue weighted by molar-refractivity contribution is 5.99. The van der Waals surface area contributed by atoms with Crippen molar-refractivity contribution in [2.45, 2.75) is 25.8 Å². The van der Waals surface area contributed by atoms with Gasteiger partial charge in [0.2, 0.25) is 0 Å². The van der Waals surface area contributed by atoms with Crippen LogP contribution in [0.1, 0.15) is 18.4 Å².